The van der Waals surface area contributed by atoms with Crippen LogP contribution in [0.3, 0.4) is 0 Å². The van der Waals surface area contributed by atoms with E-state index in [0.717, 1.165) is 49.8 Å². The fourth-order valence-corrected chi connectivity index (χ4v) is 6.22. The Morgan fingerprint density at radius 1 is 0.930 bits per heavy atom. The second kappa shape index (κ2) is 12.2. The Morgan fingerprint density at radius 3 is 2.09 bits per heavy atom. The number of aromatic nitrogens is 4. The van der Waals surface area contributed by atoms with Crippen LogP contribution in [0.4, 0.5) is 32.3 Å². The number of benzene rings is 1. The van der Waals surface area contributed by atoms with Crippen LogP contribution >= 0.6 is 0 Å². The zero-order valence-corrected chi connectivity index (χ0v) is 24.0. The lowest BCUT2D eigenvalue weighted by atomic mass is 9.88. The van der Waals surface area contributed by atoms with Crippen LogP contribution in [0.1, 0.15) is 68.6 Å². The largest absolute Gasteiger partial charge is 0.416 e. The second-order valence-corrected chi connectivity index (χ2v) is 11.5. The van der Waals surface area contributed by atoms with Gasteiger partial charge in [0.05, 0.1) is 23.4 Å². The standard InChI is InChI=1S/C30H34F6N6O/c1-3-25-12-26(18-41(25)27(43)20-7-5-4-6-8-20)42(28-37-13-21(14-38-28)22-15-39-40(2)17-22)16-19-9-23(29(31,32)33)11-24(10-19)30(34,35)36/h9-11,13-15,17,20,25-26H,3-8,12,16,18H2,1-2H3/t25-,26+/m1/s1. The molecule has 1 aliphatic carbocycles. The number of halogens is 6. The Kier molecular flexibility index (Phi) is 8.71. The molecule has 3 heterocycles. The van der Waals surface area contributed by atoms with Gasteiger partial charge >= 0.3 is 12.4 Å². The zero-order valence-electron chi connectivity index (χ0n) is 24.0. The summed E-state index contributed by atoms with van der Waals surface area (Å²) in [5.41, 5.74) is -1.52. The van der Waals surface area contributed by atoms with Gasteiger partial charge in [0.1, 0.15) is 0 Å². The maximum absolute atomic E-state index is 13.7. The Hall–Kier alpha value is -3.64. The number of alkyl halides is 6. The zero-order chi connectivity index (χ0) is 30.9. The highest BCUT2D eigenvalue weighted by molar-refractivity contribution is 5.79. The maximum atomic E-state index is 13.7. The summed E-state index contributed by atoms with van der Waals surface area (Å²) in [6.07, 6.45) is 2.47. The number of hydrogen-bond donors (Lipinski definition) is 0. The van der Waals surface area contributed by atoms with Crippen molar-refractivity contribution in [1.29, 1.82) is 0 Å². The Morgan fingerprint density at radius 2 is 1.56 bits per heavy atom. The molecule has 1 aliphatic heterocycles. The van der Waals surface area contributed by atoms with Crippen molar-refractivity contribution in [2.24, 2.45) is 13.0 Å². The lowest BCUT2D eigenvalue weighted by Crippen LogP contribution is -2.42. The first kappa shape index (κ1) is 30.8. The topological polar surface area (TPSA) is 67.2 Å². The van der Waals surface area contributed by atoms with E-state index in [0.29, 0.717) is 18.4 Å². The normalized spacial score (nSPS) is 20.0. The van der Waals surface area contributed by atoms with Gasteiger partial charge in [0, 0.05) is 61.8 Å². The van der Waals surface area contributed by atoms with Gasteiger partial charge in [0.2, 0.25) is 11.9 Å². The van der Waals surface area contributed by atoms with Gasteiger partial charge in [-0.3, -0.25) is 9.48 Å². The summed E-state index contributed by atoms with van der Waals surface area (Å²) < 4.78 is 83.6. The number of hydrogen-bond acceptors (Lipinski definition) is 5. The van der Waals surface area contributed by atoms with E-state index >= 15 is 0 Å². The van der Waals surface area contributed by atoms with Gasteiger partial charge in [0.25, 0.3) is 0 Å². The molecule has 2 atom stereocenters. The average Bonchev–Trinajstić information content (AvgIpc) is 3.61. The van der Waals surface area contributed by atoms with Crippen molar-refractivity contribution in [2.45, 2.75) is 82.9 Å². The van der Waals surface area contributed by atoms with E-state index in [-0.39, 0.29) is 48.5 Å². The number of aryl methyl sites for hydroxylation is 1. The smallest absolute Gasteiger partial charge is 0.337 e. The summed E-state index contributed by atoms with van der Waals surface area (Å²) in [4.78, 5) is 26.0. The van der Waals surface area contributed by atoms with Crippen molar-refractivity contribution < 1.29 is 31.1 Å². The molecule has 0 spiro atoms. The summed E-state index contributed by atoms with van der Waals surface area (Å²) >= 11 is 0. The lowest BCUT2D eigenvalue weighted by molar-refractivity contribution is -0.143. The number of carbonyl (C=O) groups is 1. The average molecular weight is 609 g/mol. The minimum absolute atomic E-state index is 0.0668. The van der Waals surface area contributed by atoms with Crippen LogP contribution in [0.25, 0.3) is 11.1 Å². The van der Waals surface area contributed by atoms with Gasteiger partial charge in [0.15, 0.2) is 0 Å². The third-order valence-corrected chi connectivity index (χ3v) is 8.48. The molecule has 232 valence electrons. The predicted molar refractivity (Wildman–Crippen MR) is 148 cm³/mol. The molecule has 5 rings (SSSR count). The van der Waals surface area contributed by atoms with E-state index in [2.05, 4.69) is 15.1 Å². The number of rotatable bonds is 7. The first-order valence-corrected chi connectivity index (χ1v) is 14.5. The number of carbonyl (C=O) groups excluding carboxylic acids is 1. The minimum Gasteiger partial charge on any atom is -0.337 e. The molecule has 2 aliphatic rings. The van der Waals surface area contributed by atoms with Crippen molar-refractivity contribution in [3.05, 3.63) is 59.7 Å². The van der Waals surface area contributed by atoms with Crippen LogP contribution in [0.15, 0.2) is 43.0 Å². The SMILES string of the molecule is CC[C@@H]1C[C@H](N(Cc2cc(C(F)(F)F)cc(C(F)(F)F)c2)c2ncc(-c3cnn(C)c3)cn2)CN1C(=O)C1CCCCC1. The number of amides is 1. The van der Waals surface area contributed by atoms with Gasteiger partial charge in [-0.1, -0.05) is 26.2 Å². The molecule has 0 unspecified atom stereocenters. The summed E-state index contributed by atoms with van der Waals surface area (Å²) in [5, 5.41) is 4.14. The highest BCUT2D eigenvalue weighted by Crippen LogP contribution is 2.38. The van der Waals surface area contributed by atoms with Crippen LogP contribution in [0.5, 0.6) is 0 Å². The van der Waals surface area contributed by atoms with E-state index in [1.807, 2.05) is 11.8 Å². The van der Waals surface area contributed by atoms with Gasteiger partial charge in [-0.15, -0.1) is 0 Å². The van der Waals surface area contributed by atoms with Gasteiger partial charge in [-0.25, -0.2) is 9.97 Å². The third-order valence-electron chi connectivity index (χ3n) is 8.48. The summed E-state index contributed by atoms with van der Waals surface area (Å²) in [6.45, 7) is 1.96. The Labute approximate surface area is 245 Å². The van der Waals surface area contributed by atoms with Gasteiger partial charge < -0.3 is 9.80 Å². The van der Waals surface area contributed by atoms with Crippen LogP contribution < -0.4 is 4.90 Å². The van der Waals surface area contributed by atoms with Crippen molar-refractivity contribution in [2.75, 3.05) is 11.4 Å². The first-order valence-electron chi connectivity index (χ1n) is 14.5. The predicted octanol–water partition coefficient (Wildman–Crippen LogP) is 6.88. The number of nitrogens with zero attached hydrogens (tertiary/aromatic N) is 6. The second-order valence-electron chi connectivity index (χ2n) is 11.5. The molecular weight excluding hydrogens is 574 g/mol. The van der Waals surface area contributed by atoms with E-state index in [4.69, 9.17) is 0 Å². The molecule has 0 N–H and O–H groups in total. The summed E-state index contributed by atoms with van der Waals surface area (Å²) in [7, 11) is 1.76. The Balaban J connectivity index is 1.50. The van der Waals surface area contributed by atoms with E-state index in [1.54, 1.807) is 41.4 Å². The Bertz CT molecular complexity index is 1380. The quantitative estimate of drug-likeness (QED) is 0.274. The molecule has 0 bridgehead atoms. The molecule has 1 saturated heterocycles. The molecule has 3 aromatic rings. The van der Waals surface area contributed by atoms with Crippen molar-refractivity contribution in [3.8, 4) is 11.1 Å². The molecule has 2 fully saturated rings. The minimum atomic E-state index is -4.97. The van der Waals surface area contributed by atoms with Crippen molar-refractivity contribution >= 4 is 11.9 Å². The summed E-state index contributed by atoms with van der Waals surface area (Å²) in [6, 6.07) is 1.09. The lowest BCUT2D eigenvalue weighted by Gasteiger charge is -2.31. The summed E-state index contributed by atoms with van der Waals surface area (Å²) in [5.74, 6) is 0.161. The van der Waals surface area contributed by atoms with E-state index < -0.39 is 29.5 Å². The van der Waals surface area contributed by atoms with Crippen molar-refractivity contribution in [3.63, 3.8) is 0 Å². The molecule has 0 radical (unpaired) electrons. The molecule has 1 aromatic carbocycles. The van der Waals surface area contributed by atoms with Crippen LogP contribution in [0.2, 0.25) is 0 Å². The highest BCUT2D eigenvalue weighted by Gasteiger charge is 2.41. The van der Waals surface area contributed by atoms with E-state index in [1.165, 1.54) is 0 Å². The van der Waals surface area contributed by atoms with Crippen LogP contribution in [0, 0.1) is 5.92 Å². The molecule has 1 saturated carbocycles. The first-order chi connectivity index (χ1) is 20.3. The molecule has 7 nitrogen and oxygen atoms in total. The number of anilines is 1. The molecule has 13 heteroatoms. The molecule has 43 heavy (non-hydrogen) atoms. The van der Waals surface area contributed by atoms with Gasteiger partial charge in [-0.2, -0.15) is 31.4 Å². The van der Waals surface area contributed by atoms with E-state index in [9.17, 15) is 31.1 Å². The molecule has 1 amide bonds. The fraction of sp³-hybridized carbons (Fsp3) is 0.533. The monoisotopic (exact) mass is 608 g/mol. The third kappa shape index (κ3) is 6.96. The van der Waals surface area contributed by atoms with Gasteiger partial charge in [-0.05, 0) is 49.4 Å². The van der Waals surface area contributed by atoms with Crippen LogP contribution in [-0.2, 0) is 30.7 Å². The van der Waals surface area contributed by atoms with Crippen molar-refractivity contribution in [1.82, 2.24) is 24.6 Å². The maximum Gasteiger partial charge on any atom is 0.416 e. The number of likely N-dealkylation sites (tertiary alicyclic amines) is 1. The highest BCUT2D eigenvalue weighted by atomic mass is 19.4. The fourth-order valence-electron chi connectivity index (χ4n) is 6.22. The molecule has 2 aromatic heterocycles. The molecular formula is C30H34F6N6O. The van der Waals surface area contributed by atoms with Crippen LogP contribution in [-0.4, -0.2) is 49.2 Å².